The number of hydrogen-bond donors (Lipinski definition) is 2. The van der Waals surface area contributed by atoms with Crippen molar-refractivity contribution in [2.45, 2.75) is 10.1 Å². The topological polar surface area (TPSA) is 115 Å². The molecule has 0 aliphatic heterocycles. The van der Waals surface area contributed by atoms with E-state index >= 15 is 0 Å². The second kappa shape index (κ2) is 9.03. The molecule has 1 aromatic heterocycles. The average Bonchev–Trinajstić information content (AvgIpc) is 2.78. The Balaban J connectivity index is 1.58. The standard InChI is InChI=1S/C22H17FN4O3S2/c23-15-7-5-14(6-8-15)20(28)13-31-22-26-19-4-2-1-3-18(19)21(27-22)25-16-9-11-17(12-10-16)32(24,29)30/h1-12H,13H2,(H2,24,29,30)(H,25,26,27). The third kappa shape index (κ3) is 5.10. The Kier molecular flexibility index (Phi) is 6.17. The zero-order chi connectivity index (χ0) is 22.7. The van der Waals surface area contributed by atoms with E-state index in [4.69, 9.17) is 5.14 Å². The number of nitrogens with zero attached hydrogens (tertiary/aromatic N) is 2. The number of halogens is 1. The highest BCUT2D eigenvalue weighted by molar-refractivity contribution is 7.99. The van der Waals surface area contributed by atoms with Gasteiger partial charge in [-0.2, -0.15) is 0 Å². The van der Waals surface area contributed by atoms with Crippen LogP contribution >= 0.6 is 11.8 Å². The van der Waals surface area contributed by atoms with E-state index in [2.05, 4.69) is 15.3 Å². The van der Waals surface area contributed by atoms with Crippen molar-refractivity contribution >= 4 is 50.0 Å². The molecule has 7 nitrogen and oxygen atoms in total. The van der Waals surface area contributed by atoms with Crippen molar-refractivity contribution in [1.82, 2.24) is 9.97 Å². The maximum absolute atomic E-state index is 13.1. The highest BCUT2D eigenvalue weighted by atomic mass is 32.2. The van der Waals surface area contributed by atoms with Gasteiger partial charge in [-0.15, -0.1) is 0 Å². The number of thioether (sulfide) groups is 1. The molecular formula is C22H17FN4O3S2. The summed E-state index contributed by atoms with van der Waals surface area (Å²) in [6, 6.07) is 18.7. The summed E-state index contributed by atoms with van der Waals surface area (Å²) in [6.07, 6.45) is 0. The van der Waals surface area contributed by atoms with Crippen LogP contribution in [-0.2, 0) is 10.0 Å². The molecule has 10 heteroatoms. The maximum Gasteiger partial charge on any atom is 0.238 e. The monoisotopic (exact) mass is 468 g/mol. The van der Waals surface area contributed by atoms with Gasteiger partial charge in [-0.25, -0.2) is 27.9 Å². The molecule has 0 spiro atoms. The lowest BCUT2D eigenvalue weighted by Gasteiger charge is -2.11. The second-order valence-corrected chi connectivity index (χ2v) is 9.29. The van der Waals surface area contributed by atoms with Crippen molar-refractivity contribution < 1.29 is 17.6 Å². The Morgan fingerprint density at radius 1 is 0.969 bits per heavy atom. The summed E-state index contributed by atoms with van der Waals surface area (Å²) in [6.45, 7) is 0. The molecule has 0 bridgehead atoms. The number of Topliss-reactive ketones (excluding diaryl/α,β-unsaturated/α-hetero) is 1. The summed E-state index contributed by atoms with van der Waals surface area (Å²) >= 11 is 1.17. The van der Waals surface area contributed by atoms with E-state index in [-0.39, 0.29) is 16.4 Å². The van der Waals surface area contributed by atoms with E-state index in [1.807, 2.05) is 24.3 Å². The number of carbonyl (C=O) groups is 1. The third-order valence-corrected chi connectivity index (χ3v) is 6.30. The van der Waals surface area contributed by atoms with Crippen LogP contribution in [0.1, 0.15) is 10.4 Å². The molecule has 4 rings (SSSR count). The Morgan fingerprint density at radius 2 is 1.66 bits per heavy atom. The third-order valence-electron chi connectivity index (χ3n) is 4.53. The molecule has 0 saturated carbocycles. The van der Waals surface area contributed by atoms with E-state index in [0.717, 1.165) is 5.39 Å². The quantitative estimate of drug-likeness (QED) is 0.238. The van der Waals surface area contributed by atoms with Crippen LogP contribution in [0.3, 0.4) is 0 Å². The van der Waals surface area contributed by atoms with Crippen LogP contribution in [0.4, 0.5) is 15.9 Å². The van der Waals surface area contributed by atoms with Gasteiger partial charge in [0.1, 0.15) is 11.6 Å². The number of para-hydroxylation sites is 1. The van der Waals surface area contributed by atoms with Crippen LogP contribution in [0.5, 0.6) is 0 Å². The Hall–Kier alpha value is -3.34. The molecular weight excluding hydrogens is 451 g/mol. The molecule has 0 atom stereocenters. The zero-order valence-electron chi connectivity index (χ0n) is 16.5. The summed E-state index contributed by atoms with van der Waals surface area (Å²) in [7, 11) is -3.78. The minimum atomic E-state index is -3.78. The summed E-state index contributed by atoms with van der Waals surface area (Å²) in [5.41, 5.74) is 1.70. The predicted octanol–water partition coefficient (Wildman–Crippen LogP) is 4.13. The number of primary sulfonamides is 1. The predicted molar refractivity (Wildman–Crippen MR) is 122 cm³/mol. The lowest BCUT2D eigenvalue weighted by atomic mass is 10.1. The lowest BCUT2D eigenvalue weighted by Crippen LogP contribution is -2.11. The van der Waals surface area contributed by atoms with Crippen LogP contribution in [0, 0.1) is 5.82 Å². The zero-order valence-corrected chi connectivity index (χ0v) is 18.2. The van der Waals surface area contributed by atoms with E-state index in [1.165, 1.54) is 48.2 Å². The molecule has 0 fully saturated rings. The molecule has 4 aromatic rings. The first-order valence-corrected chi connectivity index (χ1v) is 11.9. The first-order valence-electron chi connectivity index (χ1n) is 9.38. The molecule has 0 saturated heterocycles. The number of nitrogens with two attached hydrogens (primary N) is 1. The summed E-state index contributed by atoms with van der Waals surface area (Å²) in [4.78, 5) is 21.5. The smallest absolute Gasteiger partial charge is 0.238 e. The van der Waals surface area contributed by atoms with Crippen LogP contribution in [0.15, 0.2) is 82.8 Å². The van der Waals surface area contributed by atoms with Crippen LogP contribution in [-0.4, -0.2) is 29.9 Å². The number of hydrogen-bond acceptors (Lipinski definition) is 7. The number of aromatic nitrogens is 2. The van der Waals surface area contributed by atoms with Gasteiger partial charge in [0.05, 0.1) is 16.2 Å². The SMILES string of the molecule is NS(=O)(=O)c1ccc(Nc2nc(SCC(=O)c3ccc(F)cc3)nc3ccccc23)cc1. The summed E-state index contributed by atoms with van der Waals surface area (Å²) < 4.78 is 36.0. The van der Waals surface area contributed by atoms with Gasteiger partial charge in [0, 0.05) is 16.6 Å². The largest absolute Gasteiger partial charge is 0.340 e. The normalized spacial score (nSPS) is 11.4. The van der Waals surface area contributed by atoms with Gasteiger partial charge in [0.2, 0.25) is 10.0 Å². The second-order valence-electron chi connectivity index (χ2n) is 6.79. The Morgan fingerprint density at radius 3 is 2.34 bits per heavy atom. The molecule has 1 heterocycles. The Bertz CT molecular complexity index is 1390. The number of nitrogens with one attached hydrogen (secondary N) is 1. The van der Waals surface area contributed by atoms with E-state index in [1.54, 1.807) is 12.1 Å². The molecule has 0 aliphatic carbocycles. The van der Waals surface area contributed by atoms with Crippen molar-refractivity contribution in [3.8, 4) is 0 Å². The van der Waals surface area contributed by atoms with Crippen LogP contribution in [0.2, 0.25) is 0 Å². The molecule has 3 aromatic carbocycles. The molecule has 0 unspecified atom stereocenters. The number of rotatable bonds is 7. The number of sulfonamides is 1. The van der Waals surface area contributed by atoms with Gasteiger partial charge in [0.15, 0.2) is 10.9 Å². The number of carbonyl (C=O) groups excluding carboxylic acids is 1. The van der Waals surface area contributed by atoms with Crippen molar-refractivity contribution in [1.29, 1.82) is 0 Å². The highest BCUT2D eigenvalue weighted by Gasteiger charge is 2.13. The van der Waals surface area contributed by atoms with E-state index < -0.39 is 15.8 Å². The summed E-state index contributed by atoms with van der Waals surface area (Å²) in [5, 5.41) is 9.46. The number of ketones is 1. The van der Waals surface area contributed by atoms with Crippen LogP contribution in [0.25, 0.3) is 10.9 Å². The van der Waals surface area contributed by atoms with Gasteiger partial charge in [-0.3, -0.25) is 4.79 Å². The van der Waals surface area contributed by atoms with Gasteiger partial charge >= 0.3 is 0 Å². The molecule has 32 heavy (non-hydrogen) atoms. The fourth-order valence-corrected chi connectivity index (χ4v) is 4.19. The molecule has 0 amide bonds. The highest BCUT2D eigenvalue weighted by Crippen LogP contribution is 2.27. The molecule has 3 N–H and O–H groups in total. The van der Waals surface area contributed by atoms with Gasteiger partial charge in [0.25, 0.3) is 0 Å². The maximum atomic E-state index is 13.1. The molecule has 0 radical (unpaired) electrons. The van der Waals surface area contributed by atoms with Crippen LogP contribution < -0.4 is 10.5 Å². The lowest BCUT2D eigenvalue weighted by molar-refractivity contribution is 0.102. The molecule has 0 aliphatic rings. The number of fused-ring (bicyclic) bond motifs is 1. The van der Waals surface area contributed by atoms with E-state index in [0.29, 0.717) is 27.7 Å². The fourth-order valence-electron chi connectivity index (χ4n) is 2.93. The first-order chi connectivity index (χ1) is 15.3. The number of anilines is 2. The van der Waals surface area contributed by atoms with Crippen molar-refractivity contribution in [2.75, 3.05) is 11.1 Å². The first kappa shape index (κ1) is 21.9. The minimum Gasteiger partial charge on any atom is -0.340 e. The fraction of sp³-hybridized carbons (Fsp3) is 0.0455. The van der Waals surface area contributed by atoms with E-state index in [9.17, 15) is 17.6 Å². The Labute approximate surface area is 187 Å². The molecule has 162 valence electrons. The van der Waals surface area contributed by atoms with Crippen molar-refractivity contribution in [2.24, 2.45) is 5.14 Å². The minimum absolute atomic E-state index is 0.00569. The van der Waals surface area contributed by atoms with Gasteiger partial charge in [-0.05, 0) is 60.7 Å². The van der Waals surface area contributed by atoms with Crippen molar-refractivity contribution in [3.05, 3.63) is 84.2 Å². The number of benzene rings is 3. The van der Waals surface area contributed by atoms with Crippen molar-refractivity contribution in [3.63, 3.8) is 0 Å². The summed E-state index contributed by atoms with van der Waals surface area (Å²) in [5.74, 6) is 0.0299. The average molecular weight is 469 g/mol. The van der Waals surface area contributed by atoms with Gasteiger partial charge < -0.3 is 5.32 Å². The van der Waals surface area contributed by atoms with Gasteiger partial charge in [-0.1, -0.05) is 23.9 Å².